The number of fused-ring (bicyclic) bond motifs is 1. The van der Waals surface area contributed by atoms with Crippen molar-refractivity contribution in [1.29, 1.82) is 0 Å². The molecular formula is C25H22F2N2O. The van der Waals surface area contributed by atoms with Crippen molar-refractivity contribution in [2.24, 2.45) is 10.9 Å². The van der Waals surface area contributed by atoms with Gasteiger partial charge in [0.2, 0.25) is 5.90 Å². The lowest BCUT2D eigenvalue weighted by molar-refractivity contribution is 0.309. The van der Waals surface area contributed by atoms with Gasteiger partial charge in [-0.05, 0) is 36.4 Å². The molecule has 1 aliphatic carbocycles. The molecule has 0 N–H and O–H groups in total. The highest BCUT2D eigenvalue weighted by atomic mass is 19.1. The molecule has 152 valence electrons. The van der Waals surface area contributed by atoms with Crippen LogP contribution in [0.3, 0.4) is 0 Å². The van der Waals surface area contributed by atoms with E-state index in [1.165, 1.54) is 29.3 Å². The third-order valence-corrected chi connectivity index (χ3v) is 5.85. The van der Waals surface area contributed by atoms with Crippen LogP contribution in [0.5, 0.6) is 0 Å². The van der Waals surface area contributed by atoms with E-state index in [-0.39, 0.29) is 24.1 Å². The van der Waals surface area contributed by atoms with E-state index in [0.717, 1.165) is 12.1 Å². The molecule has 3 atom stereocenters. The Kier molecular flexibility index (Phi) is 4.74. The van der Waals surface area contributed by atoms with E-state index < -0.39 is 11.6 Å². The Morgan fingerprint density at radius 3 is 2.60 bits per heavy atom. The normalized spacial score (nSPS) is 24.5. The molecule has 2 heterocycles. The average molecular weight is 404 g/mol. The molecule has 0 bridgehead atoms. The van der Waals surface area contributed by atoms with E-state index in [1.54, 1.807) is 0 Å². The number of ether oxygens (including phenoxy) is 1. The largest absolute Gasteiger partial charge is 0.475 e. The number of rotatable bonds is 4. The van der Waals surface area contributed by atoms with Crippen molar-refractivity contribution in [2.45, 2.75) is 25.6 Å². The summed E-state index contributed by atoms with van der Waals surface area (Å²) in [4.78, 5) is 6.77. The highest BCUT2D eigenvalue weighted by Gasteiger charge is 2.28. The van der Waals surface area contributed by atoms with Gasteiger partial charge < -0.3 is 9.64 Å². The Morgan fingerprint density at radius 2 is 1.83 bits per heavy atom. The molecule has 2 aromatic rings. The van der Waals surface area contributed by atoms with E-state index in [0.29, 0.717) is 12.0 Å². The van der Waals surface area contributed by atoms with Crippen LogP contribution in [-0.2, 0) is 11.3 Å². The van der Waals surface area contributed by atoms with E-state index in [2.05, 4.69) is 59.5 Å². The maximum Gasteiger partial charge on any atom is 0.222 e. The summed E-state index contributed by atoms with van der Waals surface area (Å²) in [5, 5.41) is 0. The average Bonchev–Trinajstić information content (AvgIpc) is 3.36. The Bertz CT molecular complexity index is 1060. The SMILES string of the molecule is CC1=CC2C(C=C1)C=CN2Cc1ccc(C2COC(c3c(F)cccc3F)=N2)cc1. The number of nitrogens with zero attached hydrogens (tertiary/aromatic N) is 2. The molecule has 0 radical (unpaired) electrons. The van der Waals surface area contributed by atoms with Gasteiger partial charge in [-0.15, -0.1) is 0 Å². The number of allylic oxidation sites excluding steroid dienone is 2. The van der Waals surface area contributed by atoms with E-state index in [9.17, 15) is 8.78 Å². The first-order chi connectivity index (χ1) is 14.6. The van der Waals surface area contributed by atoms with Crippen LogP contribution in [0.1, 0.15) is 29.7 Å². The van der Waals surface area contributed by atoms with Gasteiger partial charge in [0.15, 0.2) is 0 Å². The van der Waals surface area contributed by atoms with Crippen LogP contribution in [-0.4, -0.2) is 23.4 Å². The molecule has 0 saturated heterocycles. The summed E-state index contributed by atoms with van der Waals surface area (Å²) in [6.07, 6.45) is 11.2. The summed E-state index contributed by atoms with van der Waals surface area (Å²) in [5.41, 5.74) is 3.27. The summed E-state index contributed by atoms with van der Waals surface area (Å²) in [7, 11) is 0. The van der Waals surface area contributed by atoms with Crippen LogP contribution in [0.2, 0.25) is 0 Å². The summed E-state index contributed by atoms with van der Waals surface area (Å²) in [5.74, 6) is -0.859. The van der Waals surface area contributed by atoms with E-state index in [1.807, 2.05) is 12.1 Å². The van der Waals surface area contributed by atoms with Gasteiger partial charge in [-0.2, -0.15) is 0 Å². The zero-order valence-corrected chi connectivity index (χ0v) is 16.6. The Balaban J connectivity index is 1.30. The van der Waals surface area contributed by atoms with Crippen molar-refractivity contribution in [1.82, 2.24) is 4.90 Å². The molecule has 0 amide bonds. The number of benzene rings is 2. The second-order valence-electron chi connectivity index (χ2n) is 7.95. The predicted octanol–water partition coefficient (Wildman–Crippen LogP) is 5.31. The summed E-state index contributed by atoms with van der Waals surface area (Å²) in [6.45, 7) is 3.23. The number of aliphatic imine (C=N–C) groups is 1. The van der Waals surface area contributed by atoms with Gasteiger partial charge >= 0.3 is 0 Å². The van der Waals surface area contributed by atoms with E-state index >= 15 is 0 Å². The fraction of sp³-hybridized carbons (Fsp3) is 0.240. The Hall–Kier alpha value is -3.21. The molecule has 3 nitrogen and oxygen atoms in total. The third kappa shape index (κ3) is 3.45. The van der Waals surface area contributed by atoms with Crippen molar-refractivity contribution in [3.05, 3.63) is 107 Å². The molecule has 2 aliphatic heterocycles. The molecule has 3 unspecified atom stereocenters. The van der Waals surface area contributed by atoms with Crippen LogP contribution in [0.25, 0.3) is 0 Å². The van der Waals surface area contributed by atoms with Gasteiger partial charge in [-0.3, -0.25) is 0 Å². The van der Waals surface area contributed by atoms with Crippen LogP contribution < -0.4 is 0 Å². The summed E-state index contributed by atoms with van der Waals surface area (Å²) >= 11 is 0. The van der Waals surface area contributed by atoms with Crippen LogP contribution in [0.15, 0.2) is 83.5 Å². The first-order valence-corrected chi connectivity index (χ1v) is 10.1. The maximum atomic E-state index is 14.0. The Labute approximate surface area is 174 Å². The van der Waals surface area contributed by atoms with Gasteiger partial charge in [0.1, 0.15) is 29.8 Å². The number of hydrogen-bond donors (Lipinski definition) is 0. The zero-order chi connectivity index (χ0) is 20.7. The molecular weight excluding hydrogens is 382 g/mol. The second kappa shape index (κ2) is 7.56. The minimum Gasteiger partial charge on any atom is -0.475 e. The molecule has 0 spiro atoms. The minimum atomic E-state index is -0.663. The second-order valence-corrected chi connectivity index (χ2v) is 7.95. The van der Waals surface area contributed by atoms with Gasteiger partial charge in [-0.25, -0.2) is 13.8 Å². The molecule has 5 rings (SSSR count). The molecule has 2 aromatic carbocycles. The first kappa shape index (κ1) is 18.8. The van der Waals surface area contributed by atoms with Gasteiger partial charge in [0.25, 0.3) is 0 Å². The molecule has 0 saturated carbocycles. The third-order valence-electron chi connectivity index (χ3n) is 5.85. The minimum absolute atomic E-state index is 0.0282. The quantitative estimate of drug-likeness (QED) is 0.690. The summed E-state index contributed by atoms with van der Waals surface area (Å²) in [6, 6.07) is 12.1. The predicted molar refractivity (Wildman–Crippen MR) is 113 cm³/mol. The highest BCUT2D eigenvalue weighted by Crippen LogP contribution is 2.31. The lowest BCUT2D eigenvalue weighted by Gasteiger charge is -2.28. The van der Waals surface area contributed by atoms with Crippen LogP contribution >= 0.6 is 0 Å². The topological polar surface area (TPSA) is 24.8 Å². The van der Waals surface area contributed by atoms with Gasteiger partial charge in [0.05, 0.1) is 6.04 Å². The molecule has 0 fully saturated rings. The molecule has 30 heavy (non-hydrogen) atoms. The standard InChI is InChI=1S/C25H22F2N2O/c1-16-5-8-19-11-12-29(23(19)13-16)14-17-6-9-18(10-7-17)22-15-30-25(28-22)24-20(26)3-2-4-21(24)27/h2-13,19,22-23H,14-15H2,1H3. The van der Waals surface area contributed by atoms with Crippen molar-refractivity contribution in [2.75, 3.05) is 6.61 Å². The van der Waals surface area contributed by atoms with Crippen LogP contribution in [0.4, 0.5) is 8.78 Å². The fourth-order valence-electron chi connectivity index (χ4n) is 4.21. The van der Waals surface area contributed by atoms with Gasteiger partial charge in [-0.1, -0.05) is 60.2 Å². The molecule has 5 heteroatoms. The molecule has 0 aromatic heterocycles. The maximum absolute atomic E-state index is 14.0. The van der Waals surface area contributed by atoms with E-state index in [4.69, 9.17) is 4.74 Å². The smallest absolute Gasteiger partial charge is 0.222 e. The fourth-order valence-corrected chi connectivity index (χ4v) is 4.21. The van der Waals surface area contributed by atoms with Crippen molar-refractivity contribution in [3.8, 4) is 0 Å². The van der Waals surface area contributed by atoms with Gasteiger partial charge in [0, 0.05) is 12.5 Å². The van der Waals surface area contributed by atoms with Crippen molar-refractivity contribution in [3.63, 3.8) is 0 Å². The Morgan fingerprint density at radius 1 is 1.07 bits per heavy atom. The first-order valence-electron chi connectivity index (χ1n) is 10.1. The lowest BCUT2D eigenvalue weighted by Crippen LogP contribution is -2.30. The zero-order valence-electron chi connectivity index (χ0n) is 16.6. The summed E-state index contributed by atoms with van der Waals surface area (Å²) < 4.78 is 33.5. The lowest BCUT2D eigenvalue weighted by atomic mass is 9.93. The molecule has 3 aliphatic rings. The highest BCUT2D eigenvalue weighted by molar-refractivity contribution is 5.95. The van der Waals surface area contributed by atoms with Crippen LogP contribution in [0, 0.1) is 17.6 Å². The van der Waals surface area contributed by atoms with Crippen molar-refractivity contribution < 1.29 is 13.5 Å². The monoisotopic (exact) mass is 404 g/mol. The number of halogens is 2. The van der Waals surface area contributed by atoms with Crippen molar-refractivity contribution >= 4 is 5.90 Å². The number of hydrogen-bond acceptors (Lipinski definition) is 3.